The highest BCUT2D eigenvalue weighted by Gasteiger charge is 2.06. The van der Waals surface area contributed by atoms with E-state index in [1.807, 2.05) is 36.4 Å². The zero-order chi connectivity index (χ0) is 13.0. The molecule has 0 aromatic heterocycles. The summed E-state index contributed by atoms with van der Waals surface area (Å²) in [5.41, 5.74) is 0.664. The maximum atomic E-state index is 11.9. The van der Waals surface area contributed by atoms with Crippen molar-refractivity contribution in [2.24, 2.45) is 0 Å². The van der Waals surface area contributed by atoms with Gasteiger partial charge >= 0.3 is 0 Å². The normalized spacial score (nSPS) is 10.6. The van der Waals surface area contributed by atoms with Crippen molar-refractivity contribution in [2.75, 3.05) is 20.3 Å². The van der Waals surface area contributed by atoms with E-state index in [1.54, 1.807) is 7.11 Å². The van der Waals surface area contributed by atoms with Crippen molar-refractivity contribution < 1.29 is 9.53 Å². The average molecular weight is 308 g/mol. The average Bonchev–Trinajstić information content (AvgIpc) is 2.39. The predicted molar refractivity (Wildman–Crippen MR) is 75.9 cm³/mol. The van der Waals surface area contributed by atoms with Crippen LogP contribution in [0.25, 0.3) is 10.8 Å². The molecule has 2 aromatic rings. The second-order valence-electron chi connectivity index (χ2n) is 3.92. The van der Waals surface area contributed by atoms with Crippen LogP contribution in [0.2, 0.25) is 0 Å². The van der Waals surface area contributed by atoms with Crippen molar-refractivity contribution in [3.63, 3.8) is 0 Å². The molecule has 0 radical (unpaired) electrons. The summed E-state index contributed by atoms with van der Waals surface area (Å²) >= 11 is 3.49. The molecular weight excluding hydrogens is 294 g/mol. The molecular formula is C14H14BrNO2. The molecule has 1 N–H and O–H groups in total. The van der Waals surface area contributed by atoms with Crippen LogP contribution in [-0.2, 0) is 4.74 Å². The fourth-order valence-electron chi connectivity index (χ4n) is 1.75. The van der Waals surface area contributed by atoms with Gasteiger partial charge in [0.05, 0.1) is 6.61 Å². The summed E-state index contributed by atoms with van der Waals surface area (Å²) in [6.45, 7) is 1.04. The fourth-order valence-corrected chi connectivity index (χ4v) is 2.27. The van der Waals surface area contributed by atoms with Crippen molar-refractivity contribution in [1.29, 1.82) is 0 Å². The zero-order valence-electron chi connectivity index (χ0n) is 10.1. The number of carbonyl (C=O) groups is 1. The molecule has 0 aliphatic rings. The number of rotatable bonds is 4. The van der Waals surface area contributed by atoms with E-state index in [-0.39, 0.29) is 5.91 Å². The molecule has 0 heterocycles. The number of amides is 1. The number of halogens is 1. The third-order valence-electron chi connectivity index (χ3n) is 2.68. The highest BCUT2D eigenvalue weighted by Crippen LogP contribution is 2.24. The minimum absolute atomic E-state index is 0.0751. The van der Waals surface area contributed by atoms with Crippen LogP contribution in [0.3, 0.4) is 0 Å². The molecule has 1 amide bonds. The molecule has 0 unspecified atom stereocenters. The number of nitrogens with one attached hydrogen (secondary N) is 1. The number of methoxy groups -OCH3 is 1. The van der Waals surface area contributed by atoms with Crippen LogP contribution in [-0.4, -0.2) is 26.2 Å². The first-order valence-corrected chi connectivity index (χ1v) is 6.47. The Bertz CT molecular complexity index is 569. The number of ether oxygens (including phenoxy) is 1. The Hall–Kier alpha value is -1.39. The number of carbonyl (C=O) groups excluding carboxylic acids is 1. The van der Waals surface area contributed by atoms with Crippen LogP contribution >= 0.6 is 15.9 Å². The zero-order valence-corrected chi connectivity index (χ0v) is 11.7. The molecule has 0 aliphatic carbocycles. The van der Waals surface area contributed by atoms with Gasteiger partial charge < -0.3 is 10.1 Å². The van der Waals surface area contributed by atoms with Gasteiger partial charge in [-0.25, -0.2) is 0 Å². The lowest BCUT2D eigenvalue weighted by molar-refractivity contribution is 0.0937. The summed E-state index contributed by atoms with van der Waals surface area (Å²) in [6.07, 6.45) is 0. The molecule has 0 fully saturated rings. The maximum Gasteiger partial charge on any atom is 0.251 e. The molecule has 0 bridgehead atoms. The lowest BCUT2D eigenvalue weighted by Crippen LogP contribution is -2.26. The summed E-state index contributed by atoms with van der Waals surface area (Å²) in [4.78, 5) is 11.9. The van der Waals surface area contributed by atoms with E-state index in [9.17, 15) is 4.79 Å². The maximum absolute atomic E-state index is 11.9. The summed E-state index contributed by atoms with van der Waals surface area (Å²) < 4.78 is 5.93. The predicted octanol–water partition coefficient (Wildman–Crippen LogP) is 2.98. The molecule has 94 valence electrons. The summed E-state index contributed by atoms with van der Waals surface area (Å²) in [5, 5.41) is 4.95. The van der Waals surface area contributed by atoms with E-state index in [4.69, 9.17) is 4.74 Å². The van der Waals surface area contributed by atoms with Gasteiger partial charge in [-0.05, 0) is 29.0 Å². The Morgan fingerprint density at radius 2 is 2.17 bits per heavy atom. The minimum Gasteiger partial charge on any atom is -0.383 e. The Balaban J connectivity index is 2.22. The third kappa shape index (κ3) is 2.89. The molecule has 3 nitrogen and oxygen atoms in total. The van der Waals surface area contributed by atoms with Gasteiger partial charge in [0.1, 0.15) is 0 Å². The van der Waals surface area contributed by atoms with Gasteiger partial charge in [0.2, 0.25) is 0 Å². The quantitative estimate of drug-likeness (QED) is 0.882. The molecule has 0 saturated carbocycles. The van der Waals surface area contributed by atoms with Crippen molar-refractivity contribution in [3.8, 4) is 0 Å². The first kappa shape index (κ1) is 13.1. The van der Waals surface area contributed by atoms with Crippen LogP contribution in [0.5, 0.6) is 0 Å². The second kappa shape index (κ2) is 5.98. The Morgan fingerprint density at radius 1 is 1.33 bits per heavy atom. The van der Waals surface area contributed by atoms with E-state index in [2.05, 4.69) is 21.2 Å². The van der Waals surface area contributed by atoms with E-state index in [0.29, 0.717) is 18.7 Å². The van der Waals surface area contributed by atoms with E-state index in [1.165, 1.54) is 0 Å². The topological polar surface area (TPSA) is 38.3 Å². The van der Waals surface area contributed by atoms with E-state index < -0.39 is 0 Å². The van der Waals surface area contributed by atoms with Gasteiger partial charge in [0, 0.05) is 23.7 Å². The molecule has 2 aromatic carbocycles. The van der Waals surface area contributed by atoms with Gasteiger partial charge in [-0.3, -0.25) is 4.79 Å². The van der Waals surface area contributed by atoms with Gasteiger partial charge in [0.15, 0.2) is 0 Å². The fraction of sp³-hybridized carbons (Fsp3) is 0.214. The molecule has 0 spiro atoms. The number of fused-ring (bicyclic) bond motifs is 1. The first-order chi connectivity index (χ1) is 8.72. The summed E-state index contributed by atoms with van der Waals surface area (Å²) in [6, 6.07) is 11.6. The molecule has 0 saturated heterocycles. The number of hydrogen-bond donors (Lipinski definition) is 1. The van der Waals surface area contributed by atoms with Crippen LogP contribution in [0.4, 0.5) is 0 Å². The second-order valence-corrected chi connectivity index (χ2v) is 4.78. The lowest BCUT2D eigenvalue weighted by atomic mass is 10.1. The standard InChI is InChI=1S/C14H14BrNO2/c1-18-8-7-16-14(17)11-5-6-12-10(9-11)3-2-4-13(12)15/h2-6,9H,7-8H2,1H3,(H,16,17). The Kier molecular flexibility index (Phi) is 4.33. The molecule has 4 heteroatoms. The Morgan fingerprint density at radius 3 is 2.94 bits per heavy atom. The lowest BCUT2D eigenvalue weighted by Gasteiger charge is -2.06. The molecule has 2 rings (SSSR count). The smallest absolute Gasteiger partial charge is 0.251 e. The highest BCUT2D eigenvalue weighted by atomic mass is 79.9. The third-order valence-corrected chi connectivity index (χ3v) is 3.37. The largest absolute Gasteiger partial charge is 0.383 e. The van der Waals surface area contributed by atoms with Gasteiger partial charge in [-0.15, -0.1) is 0 Å². The van der Waals surface area contributed by atoms with Crippen molar-refractivity contribution in [1.82, 2.24) is 5.32 Å². The minimum atomic E-state index is -0.0751. The summed E-state index contributed by atoms with van der Waals surface area (Å²) in [5.74, 6) is -0.0751. The van der Waals surface area contributed by atoms with Crippen LogP contribution in [0.15, 0.2) is 40.9 Å². The van der Waals surface area contributed by atoms with Gasteiger partial charge in [-0.2, -0.15) is 0 Å². The Labute approximate surface area is 114 Å². The molecule has 18 heavy (non-hydrogen) atoms. The van der Waals surface area contributed by atoms with Crippen LogP contribution in [0, 0.1) is 0 Å². The molecule has 0 atom stereocenters. The van der Waals surface area contributed by atoms with Gasteiger partial charge in [0.25, 0.3) is 5.91 Å². The number of benzene rings is 2. The highest BCUT2D eigenvalue weighted by molar-refractivity contribution is 9.10. The van der Waals surface area contributed by atoms with E-state index >= 15 is 0 Å². The first-order valence-electron chi connectivity index (χ1n) is 5.68. The SMILES string of the molecule is COCCNC(=O)c1ccc2c(Br)cccc2c1. The van der Waals surface area contributed by atoms with Crippen molar-refractivity contribution in [3.05, 3.63) is 46.4 Å². The van der Waals surface area contributed by atoms with Crippen LogP contribution < -0.4 is 5.32 Å². The van der Waals surface area contributed by atoms with Crippen molar-refractivity contribution in [2.45, 2.75) is 0 Å². The van der Waals surface area contributed by atoms with E-state index in [0.717, 1.165) is 15.2 Å². The summed E-state index contributed by atoms with van der Waals surface area (Å²) in [7, 11) is 1.61. The van der Waals surface area contributed by atoms with Crippen LogP contribution in [0.1, 0.15) is 10.4 Å². The molecule has 0 aliphatic heterocycles. The van der Waals surface area contributed by atoms with Crippen molar-refractivity contribution >= 4 is 32.6 Å². The van der Waals surface area contributed by atoms with Gasteiger partial charge in [-0.1, -0.05) is 34.1 Å². The number of hydrogen-bond acceptors (Lipinski definition) is 2. The monoisotopic (exact) mass is 307 g/mol.